The molecule has 1 aliphatic carbocycles. The summed E-state index contributed by atoms with van der Waals surface area (Å²) >= 11 is 0. The van der Waals surface area contributed by atoms with E-state index in [4.69, 9.17) is 17.3 Å². The second-order valence-corrected chi connectivity index (χ2v) is 3.84. The maximum absolute atomic E-state index is 11.2. The van der Waals surface area contributed by atoms with E-state index in [9.17, 15) is 4.79 Å². The zero-order chi connectivity index (χ0) is 12.3. The predicted molar refractivity (Wildman–Crippen MR) is 51.1 cm³/mol. The van der Waals surface area contributed by atoms with Gasteiger partial charge in [0.1, 0.15) is 2.74 Å². The van der Waals surface area contributed by atoms with Crippen molar-refractivity contribution < 1.29 is 22.1 Å². The second kappa shape index (κ2) is 2.66. The molecule has 0 amide bonds. The minimum Gasteiger partial charge on any atom is -0.481 e. The standard InChI is InChI=1S/C11H10O4/c12-10(13)11(3-4-11)7-1-2-8-9(5-7)15-6-14-8/h1-2,5H,3-4,6H2,(H,12,13)/i6D2. The number of benzene rings is 1. The fraction of sp³-hybridized carbons (Fsp3) is 0.364. The van der Waals surface area contributed by atoms with Gasteiger partial charge in [-0.15, -0.1) is 0 Å². The van der Waals surface area contributed by atoms with Crippen molar-refractivity contribution >= 4 is 5.97 Å². The van der Waals surface area contributed by atoms with E-state index in [1.807, 2.05) is 0 Å². The van der Waals surface area contributed by atoms with Crippen molar-refractivity contribution in [2.24, 2.45) is 0 Å². The first kappa shape index (κ1) is 6.71. The van der Waals surface area contributed by atoms with E-state index in [1.165, 1.54) is 0 Å². The van der Waals surface area contributed by atoms with Crippen LogP contribution >= 0.6 is 0 Å². The monoisotopic (exact) mass is 208 g/mol. The van der Waals surface area contributed by atoms with Crippen LogP contribution in [-0.2, 0) is 10.2 Å². The number of aliphatic carboxylic acids is 1. The Morgan fingerprint density at radius 3 is 2.80 bits per heavy atom. The van der Waals surface area contributed by atoms with Crippen molar-refractivity contribution in [1.82, 2.24) is 0 Å². The lowest BCUT2D eigenvalue weighted by atomic mass is 9.96. The summed E-state index contributed by atoms with van der Waals surface area (Å²) in [6.07, 6.45) is 1.21. The minimum absolute atomic E-state index is 0.264. The average molecular weight is 208 g/mol. The molecule has 3 rings (SSSR count). The normalized spacial score (nSPS) is 25.3. The van der Waals surface area contributed by atoms with E-state index in [-0.39, 0.29) is 5.75 Å². The fourth-order valence-corrected chi connectivity index (χ4v) is 1.83. The van der Waals surface area contributed by atoms with Crippen LogP contribution in [0.4, 0.5) is 0 Å². The van der Waals surface area contributed by atoms with Gasteiger partial charge < -0.3 is 14.6 Å². The van der Waals surface area contributed by atoms with Crippen LogP contribution in [0, 0.1) is 0 Å². The van der Waals surface area contributed by atoms with E-state index < -0.39 is 18.1 Å². The van der Waals surface area contributed by atoms with Crippen LogP contribution in [-0.4, -0.2) is 17.8 Å². The number of hydrogen-bond donors (Lipinski definition) is 1. The molecule has 0 saturated heterocycles. The van der Waals surface area contributed by atoms with Crippen LogP contribution in [0.2, 0.25) is 0 Å². The number of carbonyl (C=O) groups is 1. The van der Waals surface area contributed by atoms with Gasteiger partial charge in [-0.05, 0) is 30.5 Å². The molecule has 1 fully saturated rings. The van der Waals surface area contributed by atoms with Crippen LogP contribution in [0.5, 0.6) is 11.5 Å². The summed E-state index contributed by atoms with van der Waals surface area (Å²) in [6.45, 7) is -2.17. The molecule has 2 aliphatic rings. The van der Waals surface area contributed by atoms with Gasteiger partial charge in [-0.2, -0.15) is 0 Å². The molecular weight excluding hydrogens is 196 g/mol. The third-order valence-corrected chi connectivity index (χ3v) is 2.96. The van der Waals surface area contributed by atoms with Crippen molar-refractivity contribution in [3.8, 4) is 11.5 Å². The molecule has 0 bridgehead atoms. The zero-order valence-electron chi connectivity index (χ0n) is 9.82. The van der Waals surface area contributed by atoms with Gasteiger partial charge in [-0.25, -0.2) is 0 Å². The molecule has 78 valence electrons. The topological polar surface area (TPSA) is 55.8 Å². The lowest BCUT2D eigenvalue weighted by molar-refractivity contribution is -0.140. The smallest absolute Gasteiger partial charge is 0.314 e. The summed E-state index contributed by atoms with van der Waals surface area (Å²) in [6, 6.07) is 4.77. The van der Waals surface area contributed by atoms with Gasteiger partial charge in [0, 0.05) is 0 Å². The largest absolute Gasteiger partial charge is 0.481 e. The Bertz CT molecular complexity index is 508. The number of ether oxygens (including phenoxy) is 2. The minimum atomic E-state index is -2.17. The SMILES string of the molecule is [2H]C1([2H])Oc2ccc(C3(C(=O)O)CC3)cc2O1. The van der Waals surface area contributed by atoms with Gasteiger partial charge in [-0.3, -0.25) is 4.79 Å². The molecule has 0 unspecified atom stereocenters. The van der Waals surface area contributed by atoms with Crippen LogP contribution in [0.1, 0.15) is 21.1 Å². The number of rotatable bonds is 2. The van der Waals surface area contributed by atoms with Crippen molar-refractivity contribution in [1.29, 1.82) is 0 Å². The summed E-state index contributed by atoms with van der Waals surface area (Å²) in [7, 11) is 0. The molecule has 1 aliphatic heterocycles. The Hall–Kier alpha value is -1.71. The molecule has 0 spiro atoms. The number of carboxylic acids is 1. The molecule has 4 heteroatoms. The van der Waals surface area contributed by atoms with Crippen molar-refractivity contribution in [3.63, 3.8) is 0 Å². The maximum atomic E-state index is 11.2. The molecule has 0 aromatic heterocycles. The molecule has 4 nitrogen and oxygen atoms in total. The Morgan fingerprint density at radius 2 is 2.13 bits per heavy atom. The van der Waals surface area contributed by atoms with Crippen LogP contribution < -0.4 is 9.47 Å². The van der Waals surface area contributed by atoms with Gasteiger partial charge >= 0.3 is 5.97 Å². The average Bonchev–Trinajstić information content (AvgIpc) is 2.95. The zero-order valence-corrected chi connectivity index (χ0v) is 7.82. The van der Waals surface area contributed by atoms with E-state index in [0.29, 0.717) is 24.2 Å². The molecular formula is C11H10O4. The molecule has 15 heavy (non-hydrogen) atoms. The highest BCUT2D eigenvalue weighted by Crippen LogP contribution is 2.50. The summed E-state index contributed by atoms with van der Waals surface area (Å²) in [5, 5.41) is 9.16. The van der Waals surface area contributed by atoms with Gasteiger partial charge in [0.25, 0.3) is 0 Å². The predicted octanol–water partition coefficient (Wildman–Crippen LogP) is 1.53. The molecule has 1 aromatic rings. The molecule has 1 N–H and O–H groups in total. The van der Waals surface area contributed by atoms with E-state index in [0.717, 1.165) is 0 Å². The number of fused-ring (bicyclic) bond motifs is 1. The molecule has 0 atom stereocenters. The fourth-order valence-electron chi connectivity index (χ4n) is 1.83. The summed E-state index contributed by atoms with van der Waals surface area (Å²) < 4.78 is 24.5. The molecule has 1 aromatic carbocycles. The van der Waals surface area contributed by atoms with E-state index in [1.54, 1.807) is 18.2 Å². The van der Waals surface area contributed by atoms with Gasteiger partial charge in [0.2, 0.25) is 6.75 Å². The van der Waals surface area contributed by atoms with Crippen molar-refractivity contribution in [2.75, 3.05) is 6.75 Å². The Labute approximate surface area is 89.2 Å². The van der Waals surface area contributed by atoms with E-state index in [2.05, 4.69) is 0 Å². The quantitative estimate of drug-likeness (QED) is 0.800. The highest BCUT2D eigenvalue weighted by Gasteiger charge is 2.52. The van der Waals surface area contributed by atoms with Gasteiger partial charge in [0.05, 0.1) is 5.41 Å². The lowest BCUT2D eigenvalue weighted by Gasteiger charge is -2.10. The summed E-state index contributed by atoms with van der Waals surface area (Å²) in [4.78, 5) is 11.2. The molecule has 0 radical (unpaired) electrons. The first-order chi connectivity index (χ1) is 7.93. The van der Waals surface area contributed by atoms with Crippen molar-refractivity contribution in [2.45, 2.75) is 18.3 Å². The molecule has 1 heterocycles. The van der Waals surface area contributed by atoms with Crippen molar-refractivity contribution in [3.05, 3.63) is 23.8 Å². The molecule has 1 saturated carbocycles. The van der Waals surface area contributed by atoms with E-state index >= 15 is 0 Å². The first-order valence-corrected chi connectivity index (χ1v) is 4.69. The third kappa shape index (κ3) is 1.11. The van der Waals surface area contributed by atoms with Gasteiger partial charge in [-0.1, -0.05) is 6.07 Å². The Morgan fingerprint density at radius 1 is 1.40 bits per heavy atom. The highest BCUT2D eigenvalue weighted by molar-refractivity contribution is 5.85. The second-order valence-electron chi connectivity index (χ2n) is 3.84. The van der Waals surface area contributed by atoms with Crippen LogP contribution in [0.3, 0.4) is 0 Å². The highest BCUT2D eigenvalue weighted by atomic mass is 16.7. The van der Waals surface area contributed by atoms with Crippen LogP contribution in [0.15, 0.2) is 18.2 Å². The summed E-state index contributed by atoms with van der Waals surface area (Å²) in [5.74, 6) is -0.278. The first-order valence-electron chi connectivity index (χ1n) is 5.69. The third-order valence-electron chi connectivity index (χ3n) is 2.96. The summed E-state index contributed by atoms with van der Waals surface area (Å²) in [5.41, 5.74) is -0.168. The Balaban J connectivity index is 1.99. The number of carboxylic acid groups (broad SMARTS) is 1. The van der Waals surface area contributed by atoms with Gasteiger partial charge in [0.15, 0.2) is 11.5 Å². The van der Waals surface area contributed by atoms with Crippen LogP contribution in [0.25, 0.3) is 0 Å². The Kier molecular flexibility index (Phi) is 1.19. The number of hydrogen-bond acceptors (Lipinski definition) is 3. The maximum Gasteiger partial charge on any atom is 0.314 e. The lowest BCUT2D eigenvalue weighted by Crippen LogP contribution is -2.19.